The largest absolute Gasteiger partial charge is 0.370 e. The van der Waals surface area contributed by atoms with Gasteiger partial charge in [-0.15, -0.1) is 0 Å². The zero-order valence-electron chi connectivity index (χ0n) is 16.5. The number of aromatic nitrogens is 1. The summed E-state index contributed by atoms with van der Waals surface area (Å²) in [5.41, 5.74) is 14.6. The van der Waals surface area contributed by atoms with Crippen molar-refractivity contribution in [2.24, 2.45) is 5.73 Å². The standard InChI is InChI=1S/C24H26ClN3/c1-16-11-17(2)13-19(12-16)23-15-27-14-22(18-3-5-20(25)6-4-18)24(23)28-9-7-21(26)8-10-28/h3-6,11-15,21H,7-10,26H2,1-2H3. The van der Waals surface area contributed by atoms with E-state index in [4.69, 9.17) is 17.3 Å². The second kappa shape index (κ2) is 7.94. The first-order chi connectivity index (χ1) is 13.5. The van der Waals surface area contributed by atoms with Gasteiger partial charge in [0.25, 0.3) is 0 Å². The summed E-state index contributed by atoms with van der Waals surface area (Å²) in [6.45, 7) is 6.21. The number of hydrogen-bond donors (Lipinski definition) is 1. The molecule has 1 fully saturated rings. The molecule has 144 valence electrons. The van der Waals surface area contributed by atoms with Crippen molar-refractivity contribution in [1.29, 1.82) is 0 Å². The van der Waals surface area contributed by atoms with Crippen LogP contribution in [0.2, 0.25) is 5.02 Å². The minimum absolute atomic E-state index is 0.293. The molecule has 0 unspecified atom stereocenters. The highest BCUT2D eigenvalue weighted by atomic mass is 35.5. The van der Waals surface area contributed by atoms with Crippen LogP contribution in [0.5, 0.6) is 0 Å². The number of anilines is 1. The van der Waals surface area contributed by atoms with E-state index >= 15 is 0 Å². The van der Waals surface area contributed by atoms with Gasteiger partial charge in [0, 0.05) is 47.7 Å². The predicted molar refractivity (Wildman–Crippen MR) is 119 cm³/mol. The highest BCUT2D eigenvalue weighted by molar-refractivity contribution is 6.30. The minimum atomic E-state index is 0.293. The normalized spacial score (nSPS) is 15.1. The fourth-order valence-corrected chi connectivity index (χ4v) is 4.23. The van der Waals surface area contributed by atoms with Gasteiger partial charge < -0.3 is 10.6 Å². The molecule has 1 aliphatic heterocycles. The Balaban J connectivity index is 1.90. The lowest BCUT2D eigenvalue weighted by Gasteiger charge is -2.35. The number of piperidine rings is 1. The molecule has 3 nitrogen and oxygen atoms in total. The van der Waals surface area contributed by atoms with Crippen molar-refractivity contribution < 1.29 is 0 Å². The fraction of sp³-hybridized carbons (Fsp3) is 0.292. The lowest BCUT2D eigenvalue weighted by Crippen LogP contribution is -2.40. The Labute approximate surface area is 172 Å². The van der Waals surface area contributed by atoms with Gasteiger partial charge in [-0.3, -0.25) is 4.98 Å². The van der Waals surface area contributed by atoms with E-state index in [9.17, 15) is 0 Å². The molecule has 3 aromatic rings. The maximum Gasteiger partial charge on any atom is 0.0556 e. The average Bonchev–Trinajstić information content (AvgIpc) is 2.68. The molecular weight excluding hydrogens is 366 g/mol. The van der Waals surface area contributed by atoms with Gasteiger partial charge in [-0.25, -0.2) is 0 Å². The highest BCUT2D eigenvalue weighted by Gasteiger charge is 2.23. The Morgan fingerprint density at radius 2 is 1.46 bits per heavy atom. The van der Waals surface area contributed by atoms with E-state index in [1.54, 1.807) is 0 Å². The van der Waals surface area contributed by atoms with Gasteiger partial charge in [-0.2, -0.15) is 0 Å². The Bertz CT molecular complexity index is 953. The van der Waals surface area contributed by atoms with Crippen molar-refractivity contribution in [3.05, 3.63) is 71.0 Å². The van der Waals surface area contributed by atoms with Crippen molar-refractivity contribution in [3.8, 4) is 22.3 Å². The third-order valence-electron chi connectivity index (χ3n) is 5.46. The molecule has 1 aliphatic rings. The first kappa shape index (κ1) is 19.0. The molecule has 0 amide bonds. The van der Waals surface area contributed by atoms with Crippen molar-refractivity contribution >= 4 is 17.3 Å². The summed E-state index contributed by atoms with van der Waals surface area (Å²) in [5.74, 6) is 0. The van der Waals surface area contributed by atoms with Crippen LogP contribution in [0.1, 0.15) is 24.0 Å². The van der Waals surface area contributed by atoms with Crippen LogP contribution in [0.25, 0.3) is 22.3 Å². The Kier molecular flexibility index (Phi) is 5.38. The molecule has 4 rings (SSSR count). The van der Waals surface area contributed by atoms with E-state index in [1.165, 1.54) is 27.9 Å². The number of rotatable bonds is 3. The SMILES string of the molecule is Cc1cc(C)cc(-c2cncc(-c3ccc(Cl)cc3)c2N2CCC(N)CC2)c1. The summed E-state index contributed by atoms with van der Waals surface area (Å²) >= 11 is 6.13. The maximum atomic E-state index is 6.18. The molecule has 1 aromatic heterocycles. The smallest absolute Gasteiger partial charge is 0.0556 e. The summed E-state index contributed by atoms with van der Waals surface area (Å²) in [4.78, 5) is 7.08. The average molecular weight is 392 g/mol. The quantitative estimate of drug-likeness (QED) is 0.630. The van der Waals surface area contributed by atoms with Gasteiger partial charge in [0.05, 0.1) is 5.69 Å². The second-order valence-corrected chi connectivity index (χ2v) is 8.23. The van der Waals surface area contributed by atoms with Crippen molar-refractivity contribution in [3.63, 3.8) is 0 Å². The molecule has 28 heavy (non-hydrogen) atoms. The maximum absolute atomic E-state index is 6.18. The lowest BCUT2D eigenvalue weighted by molar-refractivity contribution is 0.501. The van der Waals surface area contributed by atoms with Crippen molar-refractivity contribution in [2.75, 3.05) is 18.0 Å². The van der Waals surface area contributed by atoms with Gasteiger partial charge in [-0.1, -0.05) is 53.1 Å². The van der Waals surface area contributed by atoms with Crippen LogP contribution in [0.3, 0.4) is 0 Å². The molecule has 4 heteroatoms. The van der Waals surface area contributed by atoms with Crippen LogP contribution in [0.15, 0.2) is 54.9 Å². The second-order valence-electron chi connectivity index (χ2n) is 7.79. The summed E-state index contributed by atoms with van der Waals surface area (Å²) in [5, 5.41) is 0.743. The summed E-state index contributed by atoms with van der Waals surface area (Å²) in [7, 11) is 0. The molecule has 0 atom stereocenters. The molecule has 0 bridgehead atoms. The summed E-state index contributed by atoms with van der Waals surface area (Å²) in [6.07, 6.45) is 5.99. The molecular formula is C24H26ClN3. The molecule has 0 radical (unpaired) electrons. The molecule has 2 N–H and O–H groups in total. The Morgan fingerprint density at radius 1 is 0.893 bits per heavy atom. The first-order valence-electron chi connectivity index (χ1n) is 9.84. The van der Waals surface area contributed by atoms with Crippen LogP contribution in [0.4, 0.5) is 5.69 Å². The van der Waals surface area contributed by atoms with E-state index in [2.05, 4.69) is 54.1 Å². The van der Waals surface area contributed by atoms with E-state index in [0.29, 0.717) is 6.04 Å². The van der Waals surface area contributed by atoms with Gasteiger partial charge in [0.2, 0.25) is 0 Å². The topological polar surface area (TPSA) is 42.2 Å². The van der Waals surface area contributed by atoms with E-state index in [0.717, 1.165) is 42.1 Å². The molecule has 0 aliphatic carbocycles. The van der Waals surface area contributed by atoms with Crippen LogP contribution in [-0.4, -0.2) is 24.1 Å². The highest BCUT2D eigenvalue weighted by Crippen LogP contribution is 2.40. The number of hydrogen-bond acceptors (Lipinski definition) is 3. The molecule has 0 saturated carbocycles. The lowest BCUT2D eigenvalue weighted by atomic mass is 9.94. The van der Waals surface area contributed by atoms with Crippen LogP contribution in [0, 0.1) is 13.8 Å². The predicted octanol–water partition coefficient (Wildman–Crippen LogP) is 5.61. The molecule has 2 heterocycles. The van der Waals surface area contributed by atoms with E-state index in [-0.39, 0.29) is 0 Å². The molecule has 2 aromatic carbocycles. The van der Waals surface area contributed by atoms with Crippen LogP contribution >= 0.6 is 11.6 Å². The van der Waals surface area contributed by atoms with Crippen molar-refractivity contribution in [1.82, 2.24) is 4.98 Å². The summed E-state index contributed by atoms with van der Waals surface area (Å²) in [6, 6.07) is 15.0. The molecule has 0 spiro atoms. The number of halogens is 1. The summed E-state index contributed by atoms with van der Waals surface area (Å²) < 4.78 is 0. The fourth-order valence-electron chi connectivity index (χ4n) is 4.10. The number of benzene rings is 2. The van der Waals surface area contributed by atoms with Gasteiger partial charge in [-0.05, 0) is 49.9 Å². The van der Waals surface area contributed by atoms with E-state index in [1.807, 2.05) is 24.5 Å². The van der Waals surface area contributed by atoms with Crippen LogP contribution < -0.4 is 10.6 Å². The van der Waals surface area contributed by atoms with Crippen LogP contribution in [-0.2, 0) is 0 Å². The third-order valence-corrected chi connectivity index (χ3v) is 5.71. The molecule has 1 saturated heterocycles. The Morgan fingerprint density at radius 3 is 2.07 bits per heavy atom. The van der Waals surface area contributed by atoms with Gasteiger partial charge in [0.1, 0.15) is 0 Å². The first-order valence-corrected chi connectivity index (χ1v) is 10.2. The zero-order chi connectivity index (χ0) is 19.7. The van der Waals surface area contributed by atoms with Crippen molar-refractivity contribution in [2.45, 2.75) is 32.7 Å². The van der Waals surface area contributed by atoms with E-state index < -0.39 is 0 Å². The third kappa shape index (κ3) is 3.91. The number of aryl methyl sites for hydroxylation is 2. The monoisotopic (exact) mass is 391 g/mol. The number of nitrogens with zero attached hydrogens (tertiary/aromatic N) is 2. The minimum Gasteiger partial charge on any atom is -0.370 e. The number of pyridine rings is 1. The van der Waals surface area contributed by atoms with Gasteiger partial charge >= 0.3 is 0 Å². The Hall–Kier alpha value is -2.36. The van der Waals surface area contributed by atoms with Gasteiger partial charge in [0.15, 0.2) is 0 Å². The zero-order valence-corrected chi connectivity index (χ0v) is 17.2. The number of nitrogens with two attached hydrogens (primary N) is 1.